The summed E-state index contributed by atoms with van der Waals surface area (Å²) in [7, 11) is 0. The van der Waals surface area contributed by atoms with Crippen LogP contribution in [0.5, 0.6) is 5.75 Å². The molecule has 0 unspecified atom stereocenters. The SMILES string of the molecule is C=COc1ccccc1Cl. The maximum atomic E-state index is 5.73. The Balaban J connectivity index is 2.91. The summed E-state index contributed by atoms with van der Waals surface area (Å²) < 4.78 is 4.97. The summed E-state index contributed by atoms with van der Waals surface area (Å²) in [4.78, 5) is 0. The Morgan fingerprint density at radius 2 is 2.10 bits per heavy atom. The van der Waals surface area contributed by atoms with E-state index in [1.165, 1.54) is 6.26 Å². The van der Waals surface area contributed by atoms with Gasteiger partial charge in [-0.05, 0) is 12.1 Å². The van der Waals surface area contributed by atoms with Crippen LogP contribution in [0.2, 0.25) is 5.02 Å². The van der Waals surface area contributed by atoms with Crippen LogP contribution in [0.3, 0.4) is 0 Å². The van der Waals surface area contributed by atoms with Crippen LogP contribution in [0.4, 0.5) is 0 Å². The van der Waals surface area contributed by atoms with Gasteiger partial charge >= 0.3 is 0 Å². The van der Waals surface area contributed by atoms with Gasteiger partial charge in [-0.3, -0.25) is 0 Å². The highest BCUT2D eigenvalue weighted by Crippen LogP contribution is 2.22. The summed E-state index contributed by atoms with van der Waals surface area (Å²) in [5, 5.41) is 0.599. The first-order valence-corrected chi connectivity index (χ1v) is 3.24. The summed E-state index contributed by atoms with van der Waals surface area (Å²) in [6.07, 6.45) is 1.35. The molecule has 1 aromatic rings. The Bertz CT molecular complexity index is 232. The highest BCUT2D eigenvalue weighted by Gasteiger charge is 1.94. The van der Waals surface area contributed by atoms with Crippen LogP contribution in [-0.2, 0) is 0 Å². The largest absolute Gasteiger partial charge is 0.464 e. The van der Waals surface area contributed by atoms with Crippen molar-refractivity contribution in [3.63, 3.8) is 0 Å². The molecule has 0 N–H and O–H groups in total. The van der Waals surface area contributed by atoms with Crippen molar-refractivity contribution in [3.05, 3.63) is 42.1 Å². The first-order valence-electron chi connectivity index (χ1n) is 2.86. The molecular formula is C8H7ClO. The number of halogens is 1. The molecule has 0 aliphatic heterocycles. The number of rotatable bonds is 2. The highest BCUT2D eigenvalue weighted by atomic mass is 35.5. The zero-order valence-corrected chi connectivity index (χ0v) is 6.14. The van der Waals surface area contributed by atoms with Crippen LogP contribution in [0.25, 0.3) is 0 Å². The summed E-state index contributed by atoms with van der Waals surface area (Å²) >= 11 is 5.73. The second-order valence-electron chi connectivity index (χ2n) is 1.71. The smallest absolute Gasteiger partial charge is 0.145 e. The summed E-state index contributed by atoms with van der Waals surface area (Å²) in [5.74, 6) is 0.638. The van der Waals surface area contributed by atoms with Crippen molar-refractivity contribution in [1.29, 1.82) is 0 Å². The third-order valence-electron chi connectivity index (χ3n) is 1.05. The topological polar surface area (TPSA) is 9.23 Å². The molecule has 10 heavy (non-hydrogen) atoms. The zero-order valence-electron chi connectivity index (χ0n) is 5.38. The molecule has 1 nitrogen and oxygen atoms in total. The molecule has 1 rings (SSSR count). The Hall–Kier alpha value is -0.950. The molecule has 0 aliphatic rings. The van der Waals surface area contributed by atoms with E-state index in [-0.39, 0.29) is 0 Å². The normalized spacial score (nSPS) is 8.90. The Morgan fingerprint density at radius 1 is 1.40 bits per heavy atom. The fourth-order valence-electron chi connectivity index (χ4n) is 0.630. The molecule has 2 heteroatoms. The van der Waals surface area contributed by atoms with Crippen LogP contribution in [0.15, 0.2) is 37.1 Å². The van der Waals surface area contributed by atoms with Gasteiger partial charge in [0.25, 0.3) is 0 Å². The van der Waals surface area contributed by atoms with E-state index in [1.54, 1.807) is 12.1 Å². The minimum Gasteiger partial charge on any atom is -0.464 e. The fraction of sp³-hybridized carbons (Fsp3) is 0. The van der Waals surface area contributed by atoms with Crippen molar-refractivity contribution in [2.75, 3.05) is 0 Å². The lowest BCUT2D eigenvalue weighted by Crippen LogP contribution is -1.79. The van der Waals surface area contributed by atoms with Crippen LogP contribution in [-0.4, -0.2) is 0 Å². The molecule has 0 saturated heterocycles. The molecule has 0 atom stereocenters. The van der Waals surface area contributed by atoms with E-state index in [2.05, 4.69) is 6.58 Å². The van der Waals surface area contributed by atoms with Gasteiger partial charge in [0.15, 0.2) is 0 Å². The molecule has 0 heterocycles. The van der Waals surface area contributed by atoms with Gasteiger partial charge in [-0.1, -0.05) is 30.3 Å². The van der Waals surface area contributed by atoms with Crippen molar-refractivity contribution in [2.45, 2.75) is 0 Å². The van der Waals surface area contributed by atoms with E-state index >= 15 is 0 Å². The monoisotopic (exact) mass is 154 g/mol. The molecule has 0 aromatic heterocycles. The minimum absolute atomic E-state index is 0.599. The molecule has 1 aromatic carbocycles. The van der Waals surface area contributed by atoms with Crippen LogP contribution >= 0.6 is 11.6 Å². The van der Waals surface area contributed by atoms with Crippen LogP contribution < -0.4 is 4.74 Å². The summed E-state index contributed by atoms with van der Waals surface area (Å²) in [6.45, 7) is 3.42. The second kappa shape index (κ2) is 3.28. The predicted octanol–water partition coefficient (Wildman–Crippen LogP) is 2.86. The molecule has 0 fully saturated rings. The molecule has 0 bridgehead atoms. The average Bonchev–Trinajstić information content (AvgIpc) is 1.94. The maximum absolute atomic E-state index is 5.73. The van der Waals surface area contributed by atoms with E-state index < -0.39 is 0 Å². The molecule has 0 amide bonds. The van der Waals surface area contributed by atoms with E-state index in [9.17, 15) is 0 Å². The summed E-state index contributed by atoms with van der Waals surface area (Å²) in [5.41, 5.74) is 0. The standard InChI is InChI=1S/C8H7ClO/c1-2-10-8-6-4-3-5-7(8)9/h2-6H,1H2. The Morgan fingerprint density at radius 3 is 2.70 bits per heavy atom. The molecular weight excluding hydrogens is 148 g/mol. The highest BCUT2D eigenvalue weighted by molar-refractivity contribution is 6.32. The number of hydrogen-bond acceptors (Lipinski definition) is 1. The third kappa shape index (κ3) is 1.52. The maximum Gasteiger partial charge on any atom is 0.145 e. The van der Waals surface area contributed by atoms with Gasteiger partial charge in [-0.15, -0.1) is 0 Å². The molecule has 52 valence electrons. The van der Waals surface area contributed by atoms with Crippen molar-refractivity contribution in [3.8, 4) is 5.75 Å². The van der Waals surface area contributed by atoms with Crippen molar-refractivity contribution < 1.29 is 4.74 Å². The molecule has 0 spiro atoms. The lowest BCUT2D eigenvalue weighted by atomic mass is 10.3. The van der Waals surface area contributed by atoms with Crippen LogP contribution in [0, 0.1) is 0 Å². The van der Waals surface area contributed by atoms with Gasteiger partial charge in [0.1, 0.15) is 5.75 Å². The van der Waals surface area contributed by atoms with Gasteiger partial charge in [0.05, 0.1) is 11.3 Å². The fourth-order valence-corrected chi connectivity index (χ4v) is 0.810. The van der Waals surface area contributed by atoms with Gasteiger partial charge in [-0.2, -0.15) is 0 Å². The van der Waals surface area contributed by atoms with Crippen molar-refractivity contribution in [2.24, 2.45) is 0 Å². The predicted molar refractivity (Wildman–Crippen MR) is 42.3 cm³/mol. The Kier molecular flexibility index (Phi) is 2.35. The minimum atomic E-state index is 0.599. The van der Waals surface area contributed by atoms with E-state index in [1.807, 2.05) is 12.1 Å². The summed E-state index contributed by atoms with van der Waals surface area (Å²) in [6, 6.07) is 7.24. The van der Waals surface area contributed by atoms with Gasteiger partial charge < -0.3 is 4.74 Å². The Labute approximate surface area is 64.9 Å². The van der Waals surface area contributed by atoms with Crippen molar-refractivity contribution in [1.82, 2.24) is 0 Å². The number of para-hydroxylation sites is 1. The van der Waals surface area contributed by atoms with Gasteiger partial charge in [0.2, 0.25) is 0 Å². The number of benzene rings is 1. The quantitative estimate of drug-likeness (QED) is 0.596. The average molecular weight is 155 g/mol. The first kappa shape index (κ1) is 7.16. The van der Waals surface area contributed by atoms with Crippen molar-refractivity contribution >= 4 is 11.6 Å². The number of ether oxygens (including phenoxy) is 1. The van der Waals surface area contributed by atoms with E-state index in [4.69, 9.17) is 16.3 Å². The van der Waals surface area contributed by atoms with E-state index in [0.717, 1.165) is 0 Å². The second-order valence-corrected chi connectivity index (χ2v) is 2.12. The van der Waals surface area contributed by atoms with Crippen LogP contribution in [0.1, 0.15) is 0 Å². The molecule has 0 radical (unpaired) electrons. The zero-order chi connectivity index (χ0) is 7.40. The van der Waals surface area contributed by atoms with Gasteiger partial charge in [-0.25, -0.2) is 0 Å². The lowest BCUT2D eigenvalue weighted by Gasteiger charge is -1.99. The third-order valence-corrected chi connectivity index (χ3v) is 1.36. The molecule has 0 saturated carbocycles. The van der Waals surface area contributed by atoms with E-state index in [0.29, 0.717) is 10.8 Å². The number of hydrogen-bond donors (Lipinski definition) is 0. The molecule has 0 aliphatic carbocycles. The van der Waals surface area contributed by atoms with Gasteiger partial charge in [0, 0.05) is 0 Å². The first-order chi connectivity index (χ1) is 4.84. The lowest BCUT2D eigenvalue weighted by molar-refractivity contribution is 0.484.